The molecule has 0 N–H and O–H groups in total. The number of rotatable bonds is 6. The first kappa shape index (κ1) is 26.6. The summed E-state index contributed by atoms with van der Waals surface area (Å²) in [5.41, 5.74) is 10.4. The number of aromatic nitrogens is 4. The number of fused-ring (bicyclic) bond motifs is 4. The predicted octanol–water partition coefficient (Wildman–Crippen LogP) is 10.5. The highest BCUT2D eigenvalue weighted by atomic mass is 15.1. The van der Waals surface area contributed by atoms with Crippen molar-refractivity contribution >= 4 is 45.0 Å². The molecule has 214 valence electrons. The van der Waals surface area contributed by atoms with Crippen LogP contribution in [0.4, 0.5) is 0 Å². The molecule has 0 saturated heterocycles. The fourth-order valence-corrected chi connectivity index (χ4v) is 6.50. The fourth-order valence-electron chi connectivity index (χ4n) is 6.50. The first-order valence-corrected chi connectivity index (χ1v) is 15.2. The van der Waals surface area contributed by atoms with Gasteiger partial charge < -0.3 is 4.57 Å². The minimum absolute atomic E-state index is 0.683. The number of nitrogens with zero attached hydrogens (tertiary/aromatic N) is 4. The zero-order valence-electron chi connectivity index (χ0n) is 24.9. The molecule has 8 rings (SSSR count). The first-order valence-electron chi connectivity index (χ1n) is 15.2. The Hall–Kier alpha value is -6.00. The number of hydrogen-bond donors (Lipinski definition) is 0. The number of para-hydroxylation sites is 3. The standard InChI is InChI=1S/C41H30N4/c1-3-16-32-34-27-29(25-26-37(34)44(35(32)4-2)30-19-10-6-11-20-30)40-42-39(28-17-8-5-9-18-28)38-33-23-14-15-24-36(33)45(41(38)43-40)31-21-12-7-13-22-31/h3-27H,2H2,1H3/b16-3-. The van der Waals surface area contributed by atoms with E-state index >= 15 is 0 Å². The van der Waals surface area contributed by atoms with E-state index in [-0.39, 0.29) is 0 Å². The van der Waals surface area contributed by atoms with Crippen LogP contribution in [0.5, 0.6) is 0 Å². The van der Waals surface area contributed by atoms with E-state index in [4.69, 9.17) is 9.97 Å². The Morgan fingerprint density at radius 1 is 0.600 bits per heavy atom. The molecule has 0 aliphatic carbocycles. The quantitative estimate of drug-likeness (QED) is 0.197. The highest BCUT2D eigenvalue weighted by Gasteiger charge is 2.22. The van der Waals surface area contributed by atoms with Gasteiger partial charge in [0.15, 0.2) is 5.82 Å². The predicted molar refractivity (Wildman–Crippen MR) is 189 cm³/mol. The first-order chi connectivity index (χ1) is 22.3. The topological polar surface area (TPSA) is 35.6 Å². The molecule has 0 spiro atoms. The van der Waals surface area contributed by atoms with Crippen molar-refractivity contribution in [3.8, 4) is 34.0 Å². The summed E-state index contributed by atoms with van der Waals surface area (Å²) >= 11 is 0. The Bertz CT molecular complexity index is 2380. The van der Waals surface area contributed by atoms with Gasteiger partial charge in [0.1, 0.15) is 5.65 Å². The van der Waals surface area contributed by atoms with Gasteiger partial charge in [-0.05, 0) is 61.5 Å². The molecule has 0 radical (unpaired) electrons. The molecule has 0 saturated carbocycles. The van der Waals surface area contributed by atoms with Crippen LogP contribution in [-0.4, -0.2) is 19.1 Å². The zero-order valence-corrected chi connectivity index (χ0v) is 24.9. The molecule has 4 heteroatoms. The molecule has 0 aliphatic heterocycles. The van der Waals surface area contributed by atoms with Crippen molar-refractivity contribution < 1.29 is 0 Å². The molecular formula is C41H30N4. The molecule has 8 aromatic rings. The van der Waals surface area contributed by atoms with Gasteiger partial charge in [-0.25, -0.2) is 9.97 Å². The van der Waals surface area contributed by atoms with Crippen molar-refractivity contribution in [3.63, 3.8) is 0 Å². The minimum atomic E-state index is 0.683. The van der Waals surface area contributed by atoms with E-state index in [1.165, 1.54) is 0 Å². The van der Waals surface area contributed by atoms with Gasteiger partial charge in [0.05, 0.1) is 27.8 Å². The molecule has 3 aromatic heterocycles. The van der Waals surface area contributed by atoms with Crippen LogP contribution in [0, 0.1) is 0 Å². The summed E-state index contributed by atoms with van der Waals surface area (Å²) in [5.74, 6) is 0.683. The van der Waals surface area contributed by atoms with Crippen molar-refractivity contribution in [2.75, 3.05) is 0 Å². The lowest BCUT2D eigenvalue weighted by atomic mass is 10.0. The Morgan fingerprint density at radius 2 is 1.22 bits per heavy atom. The van der Waals surface area contributed by atoms with E-state index in [1.807, 2.05) is 31.2 Å². The third-order valence-corrected chi connectivity index (χ3v) is 8.42. The Morgan fingerprint density at radius 3 is 1.91 bits per heavy atom. The van der Waals surface area contributed by atoms with Crippen LogP contribution in [-0.2, 0) is 0 Å². The normalized spacial score (nSPS) is 11.7. The van der Waals surface area contributed by atoms with Crippen LogP contribution >= 0.6 is 0 Å². The minimum Gasteiger partial charge on any atom is -0.309 e. The molecule has 0 unspecified atom stereocenters. The van der Waals surface area contributed by atoms with Gasteiger partial charge >= 0.3 is 0 Å². The third kappa shape index (κ3) is 4.30. The van der Waals surface area contributed by atoms with Gasteiger partial charge in [-0.1, -0.05) is 104 Å². The smallest absolute Gasteiger partial charge is 0.162 e. The summed E-state index contributed by atoms with van der Waals surface area (Å²) in [6, 6.07) is 46.4. The van der Waals surface area contributed by atoms with Crippen LogP contribution in [0.3, 0.4) is 0 Å². The summed E-state index contributed by atoms with van der Waals surface area (Å²) in [6.45, 7) is 6.24. The summed E-state index contributed by atoms with van der Waals surface area (Å²) in [4.78, 5) is 10.7. The van der Waals surface area contributed by atoms with E-state index in [1.54, 1.807) is 0 Å². The molecule has 0 atom stereocenters. The molecule has 3 heterocycles. The van der Waals surface area contributed by atoms with Gasteiger partial charge in [0, 0.05) is 38.8 Å². The number of hydrogen-bond acceptors (Lipinski definition) is 2. The lowest BCUT2D eigenvalue weighted by molar-refractivity contribution is 1.10. The van der Waals surface area contributed by atoms with E-state index in [0.717, 1.165) is 72.3 Å². The lowest BCUT2D eigenvalue weighted by Crippen LogP contribution is -1.99. The fraction of sp³-hybridized carbons (Fsp3) is 0.0244. The second-order valence-corrected chi connectivity index (χ2v) is 11.1. The molecular weight excluding hydrogens is 548 g/mol. The zero-order chi connectivity index (χ0) is 30.3. The van der Waals surface area contributed by atoms with Gasteiger partial charge in [-0.2, -0.15) is 0 Å². The van der Waals surface area contributed by atoms with Crippen LogP contribution in [0.15, 0.2) is 146 Å². The van der Waals surface area contributed by atoms with E-state index < -0.39 is 0 Å². The van der Waals surface area contributed by atoms with E-state index in [0.29, 0.717) is 5.82 Å². The summed E-state index contributed by atoms with van der Waals surface area (Å²) in [7, 11) is 0. The molecule has 0 amide bonds. The van der Waals surface area contributed by atoms with Gasteiger partial charge in [0.25, 0.3) is 0 Å². The average molecular weight is 579 g/mol. The lowest BCUT2D eigenvalue weighted by Gasteiger charge is -2.11. The van der Waals surface area contributed by atoms with Crippen LogP contribution in [0.1, 0.15) is 18.2 Å². The van der Waals surface area contributed by atoms with Crippen molar-refractivity contribution in [3.05, 3.63) is 157 Å². The van der Waals surface area contributed by atoms with Crippen molar-refractivity contribution in [2.45, 2.75) is 6.92 Å². The van der Waals surface area contributed by atoms with Gasteiger partial charge in [-0.3, -0.25) is 4.57 Å². The van der Waals surface area contributed by atoms with Crippen LogP contribution in [0.25, 0.3) is 79.0 Å². The second kappa shape index (κ2) is 10.9. The maximum absolute atomic E-state index is 5.34. The maximum atomic E-state index is 5.34. The van der Waals surface area contributed by atoms with Crippen molar-refractivity contribution in [2.24, 2.45) is 0 Å². The van der Waals surface area contributed by atoms with E-state index in [2.05, 4.69) is 143 Å². The van der Waals surface area contributed by atoms with Gasteiger partial charge in [0.2, 0.25) is 0 Å². The largest absolute Gasteiger partial charge is 0.309 e. The van der Waals surface area contributed by atoms with E-state index in [9.17, 15) is 0 Å². The van der Waals surface area contributed by atoms with Gasteiger partial charge in [-0.15, -0.1) is 0 Å². The van der Waals surface area contributed by atoms with Crippen molar-refractivity contribution in [1.82, 2.24) is 19.1 Å². The highest BCUT2D eigenvalue weighted by molar-refractivity contribution is 6.14. The molecule has 5 aromatic carbocycles. The highest BCUT2D eigenvalue weighted by Crippen LogP contribution is 2.39. The van der Waals surface area contributed by atoms with Crippen LogP contribution in [0.2, 0.25) is 0 Å². The average Bonchev–Trinajstić information content (AvgIpc) is 3.61. The Balaban J connectivity index is 1.46. The van der Waals surface area contributed by atoms with Crippen LogP contribution < -0.4 is 0 Å². The van der Waals surface area contributed by atoms with Crippen molar-refractivity contribution in [1.29, 1.82) is 0 Å². The number of allylic oxidation sites excluding steroid dienone is 1. The molecule has 0 fully saturated rings. The Labute approximate surface area is 261 Å². The molecule has 45 heavy (non-hydrogen) atoms. The molecule has 0 aliphatic rings. The summed E-state index contributed by atoms with van der Waals surface area (Å²) in [5, 5.41) is 3.30. The monoisotopic (exact) mass is 578 g/mol. The maximum Gasteiger partial charge on any atom is 0.162 e. The summed E-state index contributed by atoms with van der Waals surface area (Å²) < 4.78 is 4.53. The SMILES string of the molecule is C=Cc1c(/C=C\C)c2cc(-c3nc(-c4ccccc4)c4c5ccccc5n(-c5ccccc5)c4n3)ccc2n1-c1ccccc1. The Kier molecular flexibility index (Phi) is 6.46. The molecule has 4 nitrogen and oxygen atoms in total. The third-order valence-electron chi connectivity index (χ3n) is 8.42. The second-order valence-electron chi connectivity index (χ2n) is 11.1. The summed E-state index contributed by atoms with van der Waals surface area (Å²) in [6.07, 6.45) is 6.18. The molecule has 0 bridgehead atoms. The number of benzene rings is 5.